The Morgan fingerprint density at radius 1 is 1.00 bits per heavy atom. The van der Waals surface area contributed by atoms with E-state index >= 15 is 0 Å². The third kappa shape index (κ3) is 5.08. The third-order valence-corrected chi connectivity index (χ3v) is 22.1. The first-order chi connectivity index (χ1) is 12.9. The number of hydrogen-bond acceptors (Lipinski definition) is 3. The number of hydrogen-bond donors (Lipinski definition) is 0. The molecular formula is C20H16I2N2O2Te. The van der Waals surface area contributed by atoms with E-state index in [2.05, 4.69) is 86.8 Å². The molecule has 0 heterocycles. The van der Waals surface area contributed by atoms with Gasteiger partial charge < -0.3 is 0 Å². The molecule has 0 saturated heterocycles. The standard InChI is InChI=1S/C20H16I2N2O2Te/c1-15-7-12-19(23-14-16-8-10-17(11-9-16)24(25)26)20(13-15)27(21,22)18-5-3-2-4-6-18/h2-14H,1H3. The van der Waals surface area contributed by atoms with E-state index in [4.69, 9.17) is 4.99 Å². The quantitative estimate of drug-likeness (QED) is 0.123. The monoisotopic (exact) mass is 700 g/mol. The van der Waals surface area contributed by atoms with Crippen LogP contribution < -0.4 is 7.22 Å². The van der Waals surface area contributed by atoms with Gasteiger partial charge in [-0.25, -0.2) is 0 Å². The molecule has 0 saturated carbocycles. The van der Waals surface area contributed by atoms with E-state index in [9.17, 15) is 10.1 Å². The SMILES string of the molecule is Cc1ccc(N=Cc2ccc([N+](=O)[O-])cc2)c([Te](I)(I)c2ccccc2)c1. The summed E-state index contributed by atoms with van der Waals surface area (Å²) in [6, 6.07) is 23.4. The van der Waals surface area contributed by atoms with Gasteiger partial charge >= 0.3 is 183 Å². The third-order valence-electron chi connectivity index (χ3n) is 3.89. The topological polar surface area (TPSA) is 55.5 Å². The van der Waals surface area contributed by atoms with Crippen LogP contribution in [0.2, 0.25) is 0 Å². The Balaban J connectivity index is 1.98. The fourth-order valence-electron chi connectivity index (χ4n) is 2.48. The summed E-state index contributed by atoms with van der Waals surface area (Å²) in [5, 5.41) is 10.8. The average molecular weight is 698 g/mol. The molecule has 0 unspecified atom stereocenters. The zero-order valence-corrected chi connectivity index (χ0v) is 21.0. The van der Waals surface area contributed by atoms with E-state index in [1.807, 2.05) is 6.07 Å². The zero-order chi connectivity index (χ0) is 19.4. The van der Waals surface area contributed by atoms with Crippen LogP contribution in [0.4, 0.5) is 11.4 Å². The predicted octanol–water partition coefficient (Wildman–Crippen LogP) is 5.08. The van der Waals surface area contributed by atoms with Gasteiger partial charge in [0.1, 0.15) is 0 Å². The summed E-state index contributed by atoms with van der Waals surface area (Å²) in [5.41, 5.74) is 3.11. The summed E-state index contributed by atoms with van der Waals surface area (Å²) in [5.74, 6) is 0. The van der Waals surface area contributed by atoms with Crippen molar-refractivity contribution in [2.24, 2.45) is 4.99 Å². The molecule has 0 aliphatic heterocycles. The zero-order valence-electron chi connectivity index (χ0n) is 14.4. The van der Waals surface area contributed by atoms with Crippen LogP contribution in [0.3, 0.4) is 0 Å². The van der Waals surface area contributed by atoms with Crippen molar-refractivity contribution in [1.82, 2.24) is 0 Å². The molecule has 0 amide bonds. The van der Waals surface area contributed by atoms with Crippen LogP contribution in [0.15, 0.2) is 77.8 Å². The summed E-state index contributed by atoms with van der Waals surface area (Å²) in [4.78, 5) is 15.1. The Bertz CT molecular complexity index is 991. The van der Waals surface area contributed by atoms with E-state index in [1.54, 1.807) is 18.3 Å². The number of halogens is 2. The van der Waals surface area contributed by atoms with Crippen LogP contribution in [0.1, 0.15) is 11.1 Å². The molecule has 0 atom stereocenters. The van der Waals surface area contributed by atoms with Gasteiger partial charge in [0.05, 0.1) is 0 Å². The number of aliphatic imine (C=N–C) groups is 1. The van der Waals surface area contributed by atoms with E-state index in [-0.39, 0.29) is 5.69 Å². The Morgan fingerprint density at radius 3 is 2.30 bits per heavy atom. The van der Waals surface area contributed by atoms with Crippen molar-refractivity contribution in [3.8, 4) is 0 Å². The van der Waals surface area contributed by atoms with Gasteiger partial charge in [0.15, 0.2) is 0 Å². The second-order valence-electron chi connectivity index (χ2n) is 5.86. The van der Waals surface area contributed by atoms with Gasteiger partial charge in [-0.15, -0.1) is 0 Å². The molecule has 138 valence electrons. The molecule has 27 heavy (non-hydrogen) atoms. The van der Waals surface area contributed by atoms with Crippen molar-refractivity contribution in [2.45, 2.75) is 6.92 Å². The number of nitro groups is 1. The van der Waals surface area contributed by atoms with Crippen LogP contribution in [-0.2, 0) is 0 Å². The number of aryl methyl sites for hydroxylation is 1. The molecule has 0 spiro atoms. The predicted molar refractivity (Wildman–Crippen MR) is 131 cm³/mol. The second kappa shape index (κ2) is 8.99. The molecule has 0 fully saturated rings. The minimum atomic E-state index is -2.58. The molecule has 0 aliphatic carbocycles. The van der Waals surface area contributed by atoms with E-state index < -0.39 is 15.2 Å². The van der Waals surface area contributed by atoms with Gasteiger partial charge in [0, 0.05) is 0 Å². The van der Waals surface area contributed by atoms with Gasteiger partial charge in [0.25, 0.3) is 0 Å². The Labute approximate surface area is 181 Å². The second-order valence-corrected chi connectivity index (χ2v) is 40.2. The van der Waals surface area contributed by atoms with Crippen molar-refractivity contribution in [3.63, 3.8) is 0 Å². The van der Waals surface area contributed by atoms with Gasteiger partial charge in [-0.05, 0) is 0 Å². The maximum absolute atomic E-state index is 10.8. The van der Waals surface area contributed by atoms with E-state index in [0.29, 0.717) is 0 Å². The molecule has 0 radical (unpaired) electrons. The molecular weight excluding hydrogens is 682 g/mol. The molecule has 0 aromatic heterocycles. The molecule has 0 N–H and O–H groups in total. The Hall–Kier alpha value is -1.02. The van der Waals surface area contributed by atoms with Gasteiger partial charge in [-0.3, -0.25) is 0 Å². The number of nitrogens with zero attached hydrogens (tertiary/aromatic N) is 2. The summed E-state index contributed by atoms with van der Waals surface area (Å²) in [6.07, 6.45) is 1.77. The van der Waals surface area contributed by atoms with Crippen molar-refractivity contribution in [3.05, 3.63) is 94.0 Å². The molecule has 4 nitrogen and oxygen atoms in total. The van der Waals surface area contributed by atoms with Crippen LogP contribution in [-0.4, -0.2) is 21.4 Å². The summed E-state index contributed by atoms with van der Waals surface area (Å²) in [7, 11) is -2.58. The van der Waals surface area contributed by atoms with Gasteiger partial charge in [-0.2, -0.15) is 0 Å². The van der Waals surface area contributed by atoms with Crippen molar-refractivity contribution < 1.29 is 4.92 Å². The summed E-state index contributed by atoms with van der Waals surface area (Å²) in [6.45, 7) is 2.10. The molecule has 0 aliphatic rings. The molecule has 3 aromatic rings. The molecule has 0 bridgehead atoms. The molecule has 3 rings (SSSR count). The maximum atomic E-state index is 10.8. The number of rotatable bonds is 5. The van der Waals surface area contributed by atoms with Crippen molar-refractivity contribution in [1.29, 1.82) is 0 Å². The summed E-state index contributed by atoms with van der Waals surface area (Å²) < 4.78 is 2.70. The first-order valence-corrected chi connectivity index (χ1v) is 24.0. The van der Waals surface area contributed by atoms with Gasteiger partial charge in [-0.1, -0.05) is 0 Å². The van der Waals surface area contributed by atoms with Crippen LogP contribution >= 0.6 is 37.4 Å². The number of nitro benzene ring substituents is 1. The van der Waals surface area contributed by atoms with E-state index in [0.717, 1.165) is 11.3 Å². The first kappa shape index (κ1) is 20.7. The van der Waals surface area contributed by atoms with Gasteiger partial charge in [0.2, 0.25) is 0 Å². The van der Waals surface area contributed by atoms with Crippen LogP contribution in [0, 0.1) is 17.0 Å². The van der Waals surface area contributed by atoms with E-state index in [1.165, 1.54) is 24.9 Å². The van der Waals surface area contributed by atoms with Crippen molar-refractivity contribution >= 4 is 72.5 Å². The molecule has 3 aromatic carbocycles. The summed E-state index contributed by atoms with van der Waals surface area (Å²) >= 11 is 5.29. The fourth-order valence-corrected chi connectivity index (χ4v) is 15.3. The Morgan fingerprint density at radius 2 is 1.67 bits per heavy atom. The van der Waals surface area contributed by atoms with Crippen LogP contribution in [0.25, 0.3) is 0 Å². The van der Waals surface area contributed by atoms with Crippen LogP contribution in [0.5, 0.6) is 0 Å². The number of benzene rings is 3. The minimum absolute atomic E-state index is 0.0842. The Kier molecular flexibility index (Phi) is 6.89. The number of non-ortho nitro benzene ring substituents is 1. The normalized spacial score (nSPS) is 12.3. The fraction of sp³-hybridized carbons (Fsp3) is 0.0500. The van der Waals surface area contributed by atoms with Crippen molar-refractivity contribution in [2.75, 3.05) is 0 Å². The molecule has 7 heteroatoms. The average Bonchev–Trinajstić information content (AvgIpc) is 2.68. The first-order valence-electron chi connectivity index (χ1n) is 8.05.